The van der Waals surface area contributed by atoms with Gasteiger partial charge in [-0.2, -0.15) is 9.57 Å². The number of hydrogen-bond acceptors (Lipinski definition) is 3. The quantitative estimate of drug-likeness (QED) is 0.854. The molecule has 0 amide bonds. The predicted octanol–water partition coefficient (Wildman–Crippen LogP) is 2.12. The van der Waals surface area contributed by atoms with Crippen molar-refractivity contribution < 1.29 is 8.42 Å². The largest absolute Gasteiger partial charge is 0.230 e. The van der Waals surface area contributed by atoms with Crippen molar-refractivity contribution >= 4 is 26.0 Å². The fourth-order valence-electron chi connectivity index (χ4n) is 1.27. The van der Waals surface area contributed by atoms with Gasteiger partial charge in [-0.25, -0.2) is 8.42 Å². The van der Waals surface area contributed by atoms with Gasteiger partial charge in [-0.05, 0) is 24.6 Å². The lowest BCUT2D eigenvalue weighted by Gasteiger charge is -2.18. The molecule has 0 radical (unpaired) electrons. The first-order chi connectivity index (χ1) is 7.87. The second kappa shape index (κ2) is 5.63. The molecule has 0 saturated heterocycles. The van der Waals surface area contributed by atoms with Crippen molar-refractivity contribution in [3.8, 4) is 6.07 Å². The minimum absolute atomic E-state index is 0.266. The predicted molar refractivity (Wildman–Crippen MR) is 69.6 cm³/mol. The Balaban J connectivity index is 2.83. The number of nitrogens with zero attached hydrogens (tertiary/aromatic N) is 2. The molecule has 0 N–H and O–H groups in total. The van der Waals surface area contributed by atoms with Crippen LogP contribution < -0.4 is 0 Å². The SMILES string of the molecule is CC(C#N)S(=O)(=O)N(C)Cc1ccc(Br)cc1. The highest BCUT2D eigenvalue weighted by atomic mass is 79.9. The Bertz CT molecular complexity index is 519. The first-order valence-corrected chi connectivity index (χ1v) is 7.26. The van der Waals surface area contributed by atoms with Crippen molar-refractivity contribution in [2.75, 3.05) is 7.05 Å². The molecular weight excluding hydrogens is 304 g/mol. The standard InChI is InChI=1S/C11H13BrN2O2S/c1-9(7-13)17(15,16)14(2)8-10-3-5-11(12)6-4-10/h3-6,9H,8H2,1-2H3. The minimum atomic E-state index is -3.54. The summed E-state index contributed by atoms with van der Waals surface area (Å²) in [5.41, 5.74) is 0.879. The van der Waals surface area contributed by atoms with Crippen molar-refractivity contribution in [3.63, 3.8) is 0 Å². The van der Waals surface area contributed by atoms with Crippen LogP contribution in [0.4, 0.5) is 0 Å². The minimum Gasteiger partial charge on any atom is -0.211 e. The van der Waals surface area contributed by atoms with Crippen LogP contribution in [0.1, 0.15) is 12.5 Å². The van der Waals surface area contributed by atoms with E-state index in [2.05, 4.69) is 15.9 Å². The van der Waals surface area contributed by atoms with Crippen LogP contribution in [0.2, 0.25) is 0 Å². The van der Waals surface area contributed by atoms with E-state index in [0.717, 1.165) is 10.0 Å². The van der Waals surface area contributed by atoms with Crippen LogP contribution in [0.3, 0.4) is 0 Å². The summed E-state index contributed by atoms with van der Waals surface area (Å²) in [7, 11) is -2.06. The van der Waals surface area contributed by atoms with Crippen LogP contribution >= 0.6 is 15.9 Å². The van der Waals surface area contributed by atoms with Gasteiger partial charge in [0, 0.05) is 18.1 Å². The van der Waals surface area contributed by atoms with E-state index in [1.54, 1.807) is 6.07 Å². The fourth-order valence-corrected chi connectivity index (χ4v) is 2.54. The lowest BCUT2D eigenvalue weighted by molar-refractivity contribution is 0.463. The first-order valence-electron chi connectivity index (χ1n) is 4.97. The molecule has 1 atom stereocenters. The van der Waals surface area contributed by atoms with Crippen molar-refractivity contribution in [2.24, 2.45) is 0 Å². The van der Waals surface area contributed by atoms with E-state index in [1.165, 1.54) is 18.3 Å². The molecule has 1 aromatic carbocycles. The highest BCUT2D eigenvalue weighted by Crippen LogP contribution is 2.14. The molecule has 0 bridgehead atoms. The topological polar surface area (TPSA) is 61.2 Å². The lowest BCUT2D eigenvalue weighted by Crippen LogP contribution is -2.33. The van der Waals surface area contributed by atoms with Gasteiger partial charge in [-0.1, -0.05) is 28.1 Å². The molecule has 17 heavy (non-hydrogen) atoms. The second-order valence-corrected chi connectivity index (χ2v) is 6.97. The van der Waals surface area contributed by atoms with Crippen LogP contribution in [0.5, 0.6) is 0 Å². The van der Waals surface area contributed by atoms with Gasteiger partial charge >= 0.3 is 0 Å². The third kappa shape index (κ3) is 3.53. The summed E-state index contributed by atoms with van der Waals surface area (Å²) >= 11 is 3.31. The average molecular weight is 317 g/mol. The number of nitriles is 1. The average Bonchev–Trinajstić information content (AvgIpc) is 2.30. The molecular formula is C11H13BrN2O2S. The molecule has 1 rings (SSSR count). The zero-order valence-corrected chi connectivity index (χ0v) is 12.0. The molecule has 0 fully saturated rings. The third-order valence-corrected chi connectivity index (χ3v) is 4.91. The van der Waals surface area contributed by atoms with E-state index in [-0.39, 0.29) is 6.54 Å². The Morgan fingerprint density at radius 2 is 1.94 bits per heavy atom. The van der Waals surface area contributed by atoms with Gasteiger partial charge in [0.2, 0.25) is 10.0 Å². The van der Waals surface area contributed by atoms with Gasteiger partial charge in [-0.3, -0.25) is 0 Å². The third-order valence-electron chi connectivity index (χ3n) is 2.38. The molecule has 0 saturated carbocycles. The molecule has 0 heterocycles. The summed E-state index contributed by atoms with van der Waals surface area (Å²) < 4.78 is 25.8. The molecule has 0 aliphatic heterocycles. The molecule has 0 aromatic heterocycles. The Morgan fingerprint density at radius 1 is 1.41 bits per heavy atom. The number of sulfonamides is 1. The summed E-state index contributed by atoms with van der Waals surface area (Å²) in [6.07, 6.45) is 0. The summed E-state index contributed by atoms with van der Waals surface area (Å²) in [6, 6.07) is 9.13. The van der Waals surface area contributed by atoms with E-state index in [9.17, 15) is 8.42 Å². The second-order valence-electron chi connectivity index (χ2n) is 3.70. The summed E-state index contributed by atoms with van der Waals surface area (Å²) in [6.45, 7) is 1.65. The van der Waals surface area contributed by atoms with E-state index in [4.69, 9.17) is 5.26 Å². The molecule has 92 valence electrons. The number of hydrogen-bond donors (Lipinski definition) is 0. The summed E-state index contributed by atoms with van der Waals surface area (Å²) in [5.74, 6) is 0. The van der Waals surface area contributed by atoms with E-state index >= 15 is 0 Å². The normalized spacial score (nSPS) is 13.4. The molecule has 4 nitrogen and oxygen atoms in total. The van der Waals surface area contributed by atoms with Crippen LogP contribution in [-0.4, -0.2) is 25.0 Å². The van der Waals surface area contributed by atoms with Gasteiger partial charge < -0.3 is 0 Å². The number of benzene rings is 1. The highest BCUT2D eigenvalue weighted by molar-refractivity contribution is 9.10. The van der Waals surface area contributed by atoms with Gasteiger partial charge in [0.25, 0.3) is 0 Å². The summed E-state index contributed by atoms with van der Waals surface area (Å²) in [5, 5.41) is 7.63. The Morgan fingerprint density at radius 3 is 2.41 bits per heavy atom. The van der Waals surface area contributed by atoms with Crippen LogP contribution in [0.25, 0.3) is 0 Å². The van der Waals surface area contributed by atoms with Gasteiger partial charge in [0.1, 0.15) is 0 Å². The maximum absolute atomic E-state index is 11.8. The van der Waals surface area contributed by atoms with Crippen LogP contribution in [0, 0.1) is 11.3 Å². The van der Waals surface area contributed by atoms with Crippen molar-refractivity contribution in [3.05, 3.63) is 34.3 Å². The van der Waals surface area contributed by atoms with Crippen molar-refractivity contribution in [1.82, 2.24) is 4.31 Å². The van der Waals surface area contributed by atoms with Crippen molar-refractivity contribution in [2.45, 2.75) is 18.7 Å². The smallest absolute Gasteiger partial charge is 0.211 e. The molecule has 6 heteroatoms. The van der Waals surface area contributed by atoms with Gasteiger partial charge in [0.05, 0.1) is 6.07 Å². The van der Waals surface area contributed by atoms with E-state index in [0.29, 0.717) is 0 Å². The molecule has 1 unspecified atom stereocenters. The number of halogens is 1. The molecule has 0 aliphatic carbocycles. The fraction of sp³-hybridized carbons (Fsp3) is 0.364. The molecule has 1 aromatic rings. The van der Waals surface area contributed by atoms with Gasteiger partial charge in [0.15, 0.2) is 5.25 Å². The lowest BCUT2D eigenvalue weighted by atomic mass is 10.2. The Kier molecular flexibility index (Phi) is 4.69. The van der Waals surface area contributed by atoms with Crippen LogP contribution in [-0.2, 0) is 16.6 Å². The zero-order chi connectivity index (χ0) is 13.1. The van der Waals surface area contributed by atoms with Crippen molar-refractivity contribution in [1.29, 1.82) is 5.26 Å². The van der Waals surface area contributed by atoms with Gasteiger partial charge in [-0.15, -0.1) is 0 Å². The maximum Gasteiger partial charge on any atom is 0.230 e. The molecule has 0 spiro atoms. The van der Waals surface area contributed by atoms with E-state index in [1.807, 2.05) is 24.3 Å². The zero-order valence-electron chi connectivity index (χ0n) is 9.59. The molecule has 0 aliphatic rings. The highest BCUT2D eigenvalue weighted by Gasteiger charge is 2.25. The summed E-state index contributed by atoms with van der Waals surface area (Å²) in [4.78, 5) is 0. The Hall–Kier alpha value is -0.900. The number of rotatable bonds is 4. The maximum atomic E-state index is 11.8. The monoisotopic (exact) mass is 316 g/mol. The van der Waals surface area contributed by atoms with Crippen LogP contribution in [0.15, 0.2) is 28.7 Å². The Labute approximate surface area is 110 Å². The first kappa shape index (κ1) is 14.2. The van der Waals surface area contributed by atoms with E-state index < -0.39 is 15.3 Å².